The number of aliphatic carboxylic acids is 1. The lowest BCUT2D eigenvalue weighted by Crippen LogP contribution is -2.44. The first-order valence-electron chi connectivity index (χ1n) is 6.35. The van der Waals surface area contributed by atoms with Crippen LogP contribution in [0.2, 0.25) is 0 Å². The second kappa shape index (κ2) is 4.77. The highest BCUT2D eigenvalue weighted by atomic mass is 32.2. The van der Waals surface area contributed by atoms with E-state index in [1.165, 1.54) is 13.8 Å². The summed E-state index contributed by atoms with van der Waals surface area (Å²) < 4.78 is 28.2. The molecule has 0 amide bonds. The summed E-state index contributed by atoms with van der Waals surface area (Å²) >= 11 is 0. The fourth-order valence-corrected chi connectivity index (χ4v) is 3.49. The van der Waals surface area contributed by atoms with Crippen LogP contribution in [0.15, 0.2) is 18.2 Å². The number of fused-ring (bicyclic) bond motifs is 1. The smallest absolute Gasteiger partial charge is 0.324 e. The molecule has 1 atom stereocenters. The molecule has 1 N–H and O–H groups in total. The van der Waals surface area contributed by atoms with E-state index in [0.29, 0.717) is 12.2 Å². The topological polar surface area (TPSA) is 80.7 Å². The van der Waals surface area contributed by atoms with Crippen LogP contribution < -0.4 is 4.74 Å². The number of ether oxygens (including phenoxy) is 1. The molecular weight excluding hydrogens is 280 g/mol. The van der Waals surface area contributed by atoms with Crippen molar-refractivity contribution in [2.75, 3.05) is 5.75 Å². The average Bonchev–Trinajstić information content (AvgIpc) is 2.68. The lowest BCUT2D eigenvalue weighted by molar-refractivity contribution is -0.139. The fourth-order valence-electron chi connectivity index (χ4n) is 2.13. The number of carboxylic acids is 1. The molecule has 0 spiro atoms. The van der Waals surface area contributed by atoms with Gasteiger partial charge in [-0.1, -0.05) is 17.7 Å². The number of hydrogen-bond donors (Lipinski definition) is 1. The summed E-state index contributed by atoms with van der Waals surface area (Å²) in [5.74, 6) is -0.951. The number of carboxylic acid groups (broad SMARTS) is 1. The lowest BCUT2D eigenvalue weighted by Gasteiger charge is -2.21. The van der Waals surface area contributed by atoms with Crippen molar-refractivity contribution in [2.45, 2.75) is 38.0 Å². The highest BCUT2D eigenvalue weighted by Crippen LogP contribution is 2.31. The first-order valence-corrected chi connectivity index (χ1v) is 8.00. The lowest BCUT2D eigenvalue weighted by atomic mass is 10.1. The van der Waals surface area contributed by atoms with E-state index in [9.17, 15) is 13.2 Å². The van der Waals surface area contributed by atoms with Crippen molar-refractivity contribution in [1.29, 1.82) is 0 Å². The van der Waals surface area contributed by atoms with Crippen molar-refractivity contribution >= 4 is 15.8 Å². The third-order valence-corrected chi connectivity index (χ3v) is 6.20. The zero-order chi connectivity index (χ0) is 15.1. The molecule has 0 saturated heterocycles. The summed E-state index contributed by atoms with van der Waals surface area (Å²) in [6.45, 7) is 4.37. The third-order valence-electron chi connectivity index (χ3n) is 3.66. The molecule has 1 aliphatic heterocycles. The van der Waals surface area contributed by atoms with Crippen LogP contribution in [0.3, 0.4) is 0 Å². The molecule has 5 nitrogen and oxygen atoms in total. The van der Waals surface area contributed by atoms with E-state index < -0.39 is 26.7 Å². The number of aryl methyl sites for hydroxylation is 1. The molecule has 0 radical (unpaired) electrons. The summed E-state index contributed by atoms with van der Waals surface area (Å²) in [5.41, 5.74) is 2.06. The van der Waals surface area contributed by atoms with Crippen LogP contribution in [0.25, 0.3) is 0 Å². The van der Waals surface area contributed by atoms with Gasteiger partial charge in [0.25, 0.3) is 0 Å². The summed E-state index contributed by atoms with van der Waals surface area (Å²) in [6, 6.07) is 5.68. The Morgan fingerprint density at radius 1 is 1.45 bits per heavy atom. The van der Waals surface area contributed by atoms with Gasteiger partial charge in [-0.15, -0.1) is 0 Å². The predicted molar refractivity (Wildman–Crippen MR) is 74.8 cm³/mol. The highest BCUT2D eigenvalue weighted by Gasteiger charge is 2.44. The van der Waals surface area contributed by atoms with Gasteiger partial charge in [-0.05, 0) is 32.4 Å². The maximum atomic E-state index is 12.2. The zero-order valence-electron chi connectivity index (χ0n) is 11.7. The van der Waals surface area contributed by atoms with Crippen LogP contribution in [0, 0.1) is 6.92 Å². The Hall–Kier alpha value is -1.56. The van der Waals surface area contributed by atoms with Gasteiger partial charge in [0.15, 0.2) is 14.6 Å². The molecule has 0 fully saturated rings. The van der Waals surface area contributed by atoms with Gasteiger partial charge < -0.3 is 9.84 Å². The number of carbonyl (C=O) groups is 1. The van der Waals surface area contributed by atoms with Crippen molar-refractivity contribution in [2.24, 2.45) is 0 Å². The van der Waals surface area contributed by atoms with Crippen LogP contribution in [0.5, 0.6) is 5.75 Å². The Bertz CT molecular complexity index is 646. The van der Waals surface area contributed by atoms with Gasteiger partial charge in [0.05, 0.1) is 5.75 Å². The molecule has 1 heterocycles. The molecule has 1 unspecified atom stereocenters. The number of benzene rings is 1. The molecule has 0 aliphatic carbocycles. The second-order valence-electron chi connectivity index (χ2n) is 5.65. The second-order valence-corrected chi connectivity index (χ2v) is 8.24. The standard InChI is InChI=1S/C14H18O5S/c1-9-4-5-12-10(6-9)7-11(19-12)8-20(17,18)14(2,3)13(15)16/h4-6,11H,7-8H2,1-3H3,(H,15,16). The van der Waals surface area contributed by atoms with Crippen molar-refractivity contribution in [1.82, 2.24) is 0 Å². The number of rotatable bonds is 4. The molecule has 0 aromatic heterocycles. The first kappa shape index (κ1) is 14.8. The molecule has 6 heteroatoms. The van der Waals surface area contributed by atoms with E-state index in [0.717, 1.165) is 11.1 Å². The number of sulfone groups is 1. The molecule has 2 rings (SSSR count). The van der Waals surface area contributed by atoms with E-state index >= 15 is 0 Å². The Labute approximate surface area is 118 Å². The van der Waals surface area contributed by atoms with Gasteiger partial charge in [0.1, 0.15) is 11.9 Å². The molecule has 0 saturated carbocycles. The maximum absolute atomic E-state index is 12.2. The molecule has 0 bridgehead atoms. The van der Waals surface area contributed by atoms with Gasteiger partial charge in [-0.3, -0.25) is 4.79 Å². The molecule has 20 heavy (non-hydrogen) atoms. The van der Waals surface area contributed by atoms with Gasteiger partial charge in [-0.2, -0.15) is 0 Å². The van der Waals surface area contributed by atoms with Crippen LogP contribution in [-0.2, 0) is 21.1 Å². The van der Waals surface area contributed by atoms with Crippen molar-refractivity contribution in [3.63, 3.8) is 0 Å². The average molecular weight is 298 g/mol. The first-order chi connectivity index (χ1) is 9.13. The van der Waals surface area contributed by atoms with E-state index in [2.05, 4.69) is 0 Å². The van der Waals surface area contributed by atoms with Gasteiger partial charge in [0, 0.05) is 6.42 Å². The van der Waals surface area contributed by atoms with Gasteiger partial charge >= 0.3 is 5.97 Å². The quantitative estimate of drug-likeness (QED) is 0.912. The van der Waals surface area contributed by atoms with E-state index in [1.54, 1.807) is 0 Å². The summed E-state index contributed by atoms with van der Waals surface area (Å²) in [5, 5.41) is 9.04. The molecule has 1 aromatic carbocycles. The minimum Gasteiger partial charge on any atom is -0.489 e. The van der Waals surface area contributed by atoms with Gasteiger partial charge in [0.2, 0.25) is 0 Å². The van der Waals surface area contributed by atoms with Crippen LogP contribution in [-0.4, -0.2) is 36.1 Å². The summed E-state index contributed by atoms with van der Waals surface area (Å²) in [4.78, 5) is 11.1. The Morgan fingerprint density at radius 3 is 2.70 bits per heavy atom. The van der Waals surface area contributed by atoms with Crippen LogP contribution in [0.4, 0.5) is 0 Å². The monoisotopic (exact) mass is 298 g/mol. The molecular formula is C14H18O5S. The third kappa shape index (κ3) is 2.52. The molecule has 1 aliphatic rings. The number of hydrogen-bond acceptors (Lipinski definition) is 4. The summed E-state index contributed by atoms with van der Waals surface area (Å²) in [7, 11) is -3.79. The maximum Gasteiger partial charge on any atom is 0.324 e. The minimum atomic E-state index is -3.79. The highest BCUT2D eigenvalue weighted by molar-refractivity contribution is 7.93. The Kier molecular flexibility index (Phi) is 3.54. The molecule has 1 aromatic rings. The Morgan fingerprint density at radius 2 is 2.10 bits per heavy atom. The molecule has 110 valence electrons. The predicted octanol–water partition coefficient (Wildman–Crippen LogP) is 1.58. The van der Waals surface area contributed by atoms with E-state index in [1.807, 2.05) is 25.1 Å². The SMILES string of the molecule is Cc1ccc2c(c1)CC(CS(=O)(=O)C(C)(C)C(=O)O)O2. The van der Waals surface area contributed by atoms with E-state index in [4.69, 9.17) is 9.84 Å². The van der Waals surface area contributed by atoms with E-state index in [-0.39, 0.29) is 5.75 Å². The van der Waals surface area contributed by atoms with Crippen molar-refractivity contribution in [3.8, 4) is 5.75 Å². The fraction of sp³-hybridized carbons (Fsp3) is 0.500. The van der Waals surface area contributed by atoms with Gasteiger partial charge in [-0.25, -0.2) is 8.42 Å². The van der Waals surface area contributed by atoms with Crippen molar-refractivity contribution < 1.29 is 23.1 Å². The largest absolute Gasteiger partial charge is 0.489 e. The summed E-state index contributed by atoms with van der Waals surface area (Å²) in [6.07, 6.45) is -0.0261. The van der Waals surface area contributed by atoms with Crippen LogP contribution in [0.1, 0.15) is 25.0 Å². The van der Waals surface area contributed by atoms with Crippen LogP contribution >= 0.6 is 0 Å². The minimum absolute atomic E-state index is 0.292. The van der Waals surface area contributed by atoms with Crippen molar-refractivity contribution in [3.05, 3.63) is 29.3 Å². The Balaban J connectivity index is 2.16. The normalized spacial score (nSPS) is 18.4. The zero-order valence-corrected chi connectivity index (χ0v) is 12.5.